The molecule has 0 bridgehead atoms. The van der Waals surface area contributed by atoms with E-state index in [0.717, 1.165) is 0 Å². The molecule has 0 saturated heterocycles. The fraction of sp³-hybridized carbons (Fsp3) is 0.467. The minimum atomic E-state index is -0.678. The summed E-state index contributed by atoms with van der Waals surface area (Å²) in [6.07, 6.45) is 0. The summed E-state index contributed by atoms with van der Waals surface area (Å²) in [4.78, 5) is 24.1. The number of ether oxygens (including phenoxy) is 3. The molecule has 6 nitrogen and oxygen atoms in total. The van der Waals surface area contributed by atoms with Crippen LogP contribution >= 0.6 is 0 Å². The quantitative estimate of drug-likeness (QED) is 0.837. The molecule has 0 aromatic heterocycles. The van der Waals surface area contributed by atoms with E-state index in [1.54, 1.807) is 25.1 Å². The van der Waals surface area contributed by atoms with Crippen molar-refractivity contribution in [3.05, 3.63) is 23.8 Å². The fourth-order valence-electron chi connectivity index (χ4n) is 1.99. The number of esters is 1. The van der Waals surface area contributed by atoms with Gasteiger partial charge in [-0.25, -0.2) is 4.79 Å². The highest BCUT2D eigenvalue weighted by atomic mass is 16.7. The van der Waals surface area contributed by atoms with Crippen LogP contribution in [-0.4, -0.2) is 31.3 Å². The van der Waals surface area contributed by atoms with Crippen LogP contribution in [0.5, 0.6) is 11.5 Å². The van der Waals surface area contributed by atoms with Crippen molar-refractivity contribution in [3.8, 4) is 11.5 Å². The maximum atomic E-state index is 12.3. The van der Waals surface area contributed by atoms with Gasteiger partial charge in [0.05, 0.1) is 6.61 Å². The lowest BCUT2D eigenvalue weighted by Gasteiger charge is -2.20. The highest BCUT2D eigenvalue weighted by Crippen LogP contribution is 2.32. The molecule has 0 aliphatic carbocycles. The molecular weight excluding hydrogens is 274 g/mol. The Kier molecular flexibility index (Phi) is 4.67. The molecule has 0 saturated carbocycles. The van der Waals surface area contributed by atoms with E-state index >= 15 is 0 Å². The topological polar surface area (TPSA) is 73.9 Å². The van der Waals surface area contributed by atoms with Gasteiger partial charge in [0.2, 0.25) is 6.79 Å². The van der Waals surface area contributed by atoms with Gasteiger partial charge in [0.1, 0.15) is 6.04 Å². The number of benzene rings is 1. The normalized spacial score (nSPS) is 13.9. The summed E-state index contributed by atoms with van der Waals surface area (Å²) >= 11 is 0. The van der Waals surface area contributed by atoms with Gasteiger partial charge in [-0.05, 0) is 31.0 Å². The second kappa shape index (κ2) is 6.47. The minimum Gasteiger partial charge on any atom is -0.464 e. The van der Waals surface area contributed by atoms with E-state index in [1.165, 1.54) is 0 Å². The van der Waals surface area contributed by atoms with Gasteiger partial charge in [0, 0.05) is 5.56 Å². The first-order valence-electron chi connectivity index (χ1n) is 6.90. The van der Waals surface area contributed by atoms with Gasteiger partial charge in [-0.2, -0.15) is 0 Å². The lowest BCUT2D eigenvalue weighted by atomic mass is 10.0. The maximum Gasteiger partial charge on any atom is 0.328 e. The molecule has 6 heteroatoms. The van der Waals surface area contributed by atoms with E-state index in [4.69, 9.17) is 14.2 Å². The Morgan fingerprint density at radius 3 is 2.67 bits per heavy atom. The largest absolute Gasteiger partial charge is 0.464 e. The average Bonchev–Trinajstić information content (AvgIpc) is 2.91. The molecule has 1 atom stereocenters. The van der Waals surface area contributed by atoms with Gasteiger partial charge in [-0.1, -0.05) is 13.8 Å². The Morgan fingerprint density at radius 1 is 1.29 bits per heavy atom. The number of fused-ring (bicyclic) bond motifs is 1. The molecule has 0 fully saturated rings. The van der Waals surface area contributed by atoms with Crippen molar-refractivity contribution in [1.29, 1.82) is 0 Å². The second-order valence-corrected chi connectivity index (χ2v) is 5.02. The van der Waals surface area contributed by atoms with Crippen LogP contribution in [0.25, 0.3) is 0 Å². The molecule has 1 aromatic rings. The highest BCUT2D eigenvalue weighted by molar-refractivity contribution is 5.97. The van der Waals surface area contributed by atoms with Crippen molar-refractivity contribution in [2.45, 2.75) is 26.8 Å². The van der Waals surface area contributed by atoms with Crippen LogP contribution in [-0.2, 0) is 9.53 Å². The van der Waals surface area contributed by atoms with E-state index in [1.807, 2.05) is 13.8 Å². The third-order valence-corrected chi connectivity index (χ3v) is 3.13. The van der Waals surface area contributed by atoms with E-state index in [9.17, 15) is 9.59 Å². The smallest absolute Gasteiger partial charge is 0.328 e. The molecule has 1 aliphatic rings. The molecule has 114 valence electrons. The first-order chi connectivity index (χ1) is 10.0. The minimum absolute atomic E-state index is 0.0676. The van der Waals surface area contributed by atoms with Crippen molar-refractivity contribution >= 4 is 11.9 Å². The van der Waals surface area contributed by atoms with Gasteiger partial charge in [-0.15, -0.1) is 0 Å². The molecule has 21 heavy (non-hydrogen) atoms. The number of hydrogen-bond donors (Lipinski definition) is 1. The molecule has 0 radical (unpaired) electrons. The Morgan fingerprint density at radius 2 is 2.00 bits per heavy atom. The average molecular weight is 293 g/mol. The van der Waals surface area contributed by atoms with E-state index in [-0.39, 0.29) is 25.2 Å². The SMILES string of the molecule is CCOC(=O)[C@@H](NC(=O)c1ccc2c(c1)OCO2)C(C)C. The van der Waals surface area contributed by atoms with Crippen LogP contribution in [0.15, 0.2) is 18.2 Å². The zero-order valence-corrected chi connectivity index (χ0v) is 12.3. The van der Waals surface area contributed by atoms with Crippen molar-refractivity contribution in [2.24, 2.45) is 5.92 Å². The van der Waals surface area contributed by atoms with E-state index < -0.39 is 12.0 Å². The molecule has 1 N–H and O–H groups in total. The number of nitrogens with one attached hydrogen (secondary N) is 1. The number of rotatable bonds is 5. The van der Waals surface area contributed by atoms with E-state index in [0.29, 0.717) is 17.1 Å². The summed E-state index contributed by atoms with van der Waals surface area (Å²) in [6, 6.07) is 4.22. The third-order valence-electron chi connectivity index (χ3n) is 3.13. The Balaban J connectivity index is 2.10. The summed E-state index contributed by atoms with van der Waals surface area (Å²) in [5.74, 6) is 0.292. The monoisotopic (exact) mass is 293 g/mol. The number of amides is 1. The third kappa shape index (κ3) is 3.45. The lowest BCUT2D eigenvalue weighted by molar-refractivity contribution is -0.146. The summed E-state index contributed by atoms with van der Waals surface area (Å²) in [6.45, 7) is 5.86. The first kappa shape index (κ1) is 15.2. The first-order valence-corrected chi connectivity index (χ1v) is 6.90. The summed E-state index contributed by atoms with van der Waals surface area (Å²) in [5.41, 5.74) is 0.411. The number of carbonyl (C=O) groups is 2. The summed E-state index contributed by atoms with van der Waals surface area (Å²) in [5, 5.41) is 2.70. The number of hydrogen-bond acceptors (Lipinski definition) is 5. The van der Waals surface area contributed by atoms with Crippen LogP contribution in [0, 0.1) is 5.92 Å². The molecule has 1 aliphatic heterocycles. The van der Waals surface area contributed by atoms with Crippen LogP contribution in [0.3, 0.4) is 0 Å². The maximum absolute atomic E-state index is 12.3. The predicted molar refractivity (Wildman–Crippen MR) is 75.3 cm³/mol. The van der Waals surface area contributed by atoms with Crippen LogP contribution in [0.4, 0.5) is 0 Å². The molecule has 2 rings (SSSR count). The zero-order chi connectivity index (χ0) is 15.4. The van der Waals surface area contributed by atoms with Crippen molar-refractivity contribution < 1.29 is 23.8 Å². The Labute approximate surface area is 123 Å². The zero-order valence-electron chi connectivity index (χ0n) is 12.3. The summed E-state index contributed by atoms with van der Waals surface area (Å²) in [7, 11) is 0. The van der Waals surface area contributed by atoms with Gasteiger partial charge < -0.3 is 19.5 Å². The van der Waals surface area contributed by atoms with E-state index in [2.05, 4.69) is 5.32 Å². The molecule has 0 unspecified atom stereocenters. The lowest BCUT2D eigenvalue weighted by Crippen LogP contribution is -2.45. The van der Waals surface area contributed by atoms with Gasteiger partial charge in [-0.3, -0.25) is 4.79 Å². The van der Waals surface area contributed by atoms with Crippen molar-refractivity contribution in [2.75, 3.05) is 13.4 Å². The fourth-order valence-corrected chi connectivity index (χ4v) is 1.99. The van der Waals surface area contributed by atoms with Crippen LogP contribution < -0.4 is 14.8 Å². The highest BCUT2D eigenvalue weighted by Gasteiger charge is 2.26. The summed E-state index contributed by atoms with van der Waals surface area (Å²) < 4.78 is 15.4. The molecule has 1 amide bonds. The Bertz CT molecular complexity index is 541. The van der Waals surface area contributed by atoms with Crippen molar-refractivity contribution in [3.63, 3.8) is 0 Å². The van der Waals surface area contributed by atoms with Gasteiger partial charge in [0.25, 0.3) is 5.91 Å². The molecule has 1 aromatic carbocycles. The van der Waals surface area contributed by atoms with Gasteiger partial charge in [0.15, 0.2) is 11.5 Å². The molecular formula is C15H19NO5. The number of carbonyl (C=O) groups excluding carboxylic acids is 2. The van der Waals surface area contributed by atoms with Crippen LogP contribution in [0.1, 0.15) is 31.1 Å². The molecule has 1 heterocycles. The second-order valence-electron chi connectivity index (χ2n) is 5.02. The Hall–Kier alpha value is -2.24. The van der Waals surface area contributed by atoms with Gasteiger partial charge >= 0.3 is 5.97 Å². The standard InChI is InChI=1S/C15H19NO5/c1-4-19-15(18)13(9(2)3)16-14(17)10-5-6-11-12(7-10)21-8-20-11/h5-7,9,13H,4,8H2,1-3H3,(H,16,17)/t13-/m0/s1. The van der Waals surface area contributed by atoms with Crippen LogP contribution in [0.2, 0.25) is 0 Å². The van der Waals surface area contributed by atoms with Crippen molar-refractivity contribution in [1.82, 2.24) is 5.32 Å². The molecule has 0 spiro atoms. The predicted octanol–water partition coefficient (Wildman–Crippen LogP) is 1.73.